The lowest BCUT2D eigenvalue weighted by atomic mass is 10.0. The van der Waals surface area contributed by atoms with Gasteiger partial charge in [0, 0.05) is 17.6 Å². The van der Waals surface area contributed by atoms with Crippen LogP contribution in [0.25, 0.3) is 0 Å². The number of hydrogen-bond donors (Lipinski definition) is 2. The van der Waals surface area contributed by atoms with E-state index < -0.39 is 0 Å². The number of benzene rings is 2. The minimum absolute atomic E-state index is 0. The maximum atomic E-state index is 12.1. The van der Waals surface area contributed by atoms with Crippen molar-refractivity contribution in [1.82, 2.24) is 5.32 Å². The fourth-order valence-electron chi connectivity index (χ4n) is 3.61. The Kier molecular flexibility index (Phi) is 3.83. The number of carbonyl (C=O) groups is 1. The molecule has 0 bridgehead atoms. The minimum atomic E-state index is 0. The standard InChI is InChI=1S/C18H18N2O.ClH/c19-13-7-5-11(6-8-13)9-16(21)20-18-15-10-12-3-1-2-4-14(12)17(15)18;/h1-8,15,17-18H,9-10,19H2,(H,20,21);1H. The summed E-state index contributed by atoms with van der Waals surface area (Å²) in [6.45, 7) is 0. The molecule has 0 aromatic heterocycles. The Morgan fingerprint density at radius 1 is 1.14 bits per heavy atom. The van der Waals surface area contributed by atoms with Crippen LogP contribution in [0, 0.1) is 5.92 Å². The molecule has 4 rings (SSSR count). The van der Waals surface area contributed by atoms with E-state index in [2.05, 4.69) is 29.6 Å². The third-order valence-corrected chi connectivity index (χ3v) is 4.71. The van der Waals surface area contributed by atoms with Crippen LogP contribution in [0.1, 0.15) is 22.6 Å². The van der Waals surface area contributed by atoms with Crippen LogP contribution < -0.4 is 11.1 Å². The van der Waals surface area contributed by atoms with E-state index in [1.165, 1.54) is 11.1 Å². The second-order valence-electron chi connectivity index (χ2n) is 6.10. The van der Waals surface area contributed by atoms with Crippen LogP contribution in [0.3, 0.4) is 0 Å². The average molecular weight is 315 g/mol. The van der Waals surface area contributed by atoms with Gasteiger partial charge < -0.3 is 11.1 Å². The Labute approximate surface area is 136 Å². The summed E-state index contributed by atoms with van der Waals surface area (Å²) in [5.74, 6) is 1.26. The van der Waals surface area contributed by atoms with Gasteiger partial charge in [-0.1, -0.05) is 36.4 Å². The number of rotatable bonds is 3. The SMILES string of the molecule is Cl.Nc1ccc(CC(=O)NC2C3Cc4ccccc4C32)cc1. The molecule has 0 aliphatic heterocycles. The second-order valence-corrected chi connectivity index (χ2v) is 6.10. The monoisotopic (exact) mass is 314 g/mol. The highest BCUT2D eigenvalue weighted by Crippen LogP contribution is 2.56. The fraction of sp³-hybridized carbons (Fsp3) is 0.278. The van der Waals surface area contributed by atoms with E-state index in [-0.39, 0.29) is 18.3 Å². The van der Waals surface area contributed by atoms with Crippen LogP contribution in [-0.2, 0) is 17.6 Å². The number of nitrogens with one attached hydrogen (secondary N) is 1. The van der Waals surface area contributed by atoms with Crippen molar-refractivity contribution < 1.29 is 4.79 Å². The summed E-state index contributed by atoms with van der Waals surface area (Å²) in [7, 11) is 0. The van der Waals surface area contributed by atoms with Crippen molar-refractivity contribution in [3.63, 3.8) is 0 Å². The van der Waals surface area contributed by atoms with E-state index in [9.17, 15) is 4.79 Å². The smallest absolute Gasteiger partial charge is 0.224 e. The first-order valence-corrected chi connectivity index (χ1v) is 7.44. The van der Waals surface area contributed by atoms with Crippen molar-refractivity contribution in [2.45, 2.75) is 24.8 Å². The van der Waals surface area contributed by atoms with E-state index in [1.54, 1.807) is 0 Å². The molecule has 2 aliphatic carbocycles. The van der Waals surface area contributed by atoms with E-state index in [1.807, 2.05) is 24.3 Å². The first kappa shape index (κ1) is 14.9. The largest absolute Gasteiger partial charge is 0.399 e. The zero-order valence-electron chi connectivity index (χ0n) is 12.2. The molecule has 2 aromatic carbocycles. The number of nitrogens with two attached hydrogens (primary N) is 1. The van der Waals surface area contributed by atoms with Gasteiger partial charge in [0.2, 0.25) is 5.91 Å². The van der Waals surface area contributed by atoms with Crippen LogP contribution in [0.4, 0.5) is 5.69 Å². The summed E-state index contributed by atoms with van der Waals surface area (Å²) < 4.78 is 0. The molecule has 3 atom stereocenters. The van der Waals surface area contributed by atoms with Crippen molar-refractivity contribution in [1.29, 1.82) is 0 Å². The van der Waals surface area contributed by atoms with Crippen molar-refractivity contribution >= 4 is 24.0 Å². The number of anilines is 1. The first-order chi connectivity index (χ1) is 10.2. The van der Waals surface area contributed by atoms with E-state index in [0.717, 1.165) is 17.7 Å². The van der Waals surface area contributed by atoms with Gasteiger partial charge in [0.25, 0.3) is 0 Å². The highest BCUT2D eigenvalue weighted by Gasteiger charge is 2.56. The minimum Gasteiger partial charge on any atom is -0.399 e. The van der Waals surface area contributed by atoms with Gasteiger partial charge in [-0.25, -0.2) is 0 Å². The summed E-state index contributed by atoms with van der Waals surface area (Å²) in [6.07, 6.45) is 1.53. The summed E-state index contributed by atoms with van der Waals surface area (Å²) in [5.41, 5.74) is 10.3. The van der Waals surface area contributed by atoms with Gasteiger partial charge in [0.05, 0.1) is 6.42 Å². The Hall–Kier alpha value is -2.00. The van der Waals surface area contributed by atoms with Crippen molar-refractivity contribution in [3.05, 3.63) is 65.2 Å². The summed E-state index contributed by atoms with van der Waals surface area (Å²) in [5, 5.41) is 3.19. The molecular formula is C18H19ClN2O. The third-order valence-electron chi connectivity index (χ3n) is 4.71. The Bertz CT molecular complexity index is 698. The third kappa shape index (κ3) is 2.57. The Morgan fingerprint density at radius 3 is 2.64 bits per heavy atom. The molecule has 0 spiro atoms. The second kappa shape index (κ2) is 5.65. The summed E-state index contributed by atoms with van der Waals surface area (Å²) >= 11 is 0. The van der Waals surface area contributed by atoms with E-state index in [0.29, 0.717) is 24.3 Å². The number of fused-ring (bicyclic) bond motifs is 3. The lowest BCUT2D eigenvalue weighted by molar-refractivity contribution is -0.120. The molecular weight excluding hydrogens is 296 g/mol. The molecule has 1 fully saturated rings. The molecule has 3 N–H and O–H groups in total. The van der Waals surface area contributed by atoms with Crippen molar-refractivity contribution in [2.75, 3.05) is 5.73 Å². The van der Waals surface area contributed by atoms with Crippen LogP contribution in [0.15, 0.2) is 48.5 Å². The molecule has 0 radical (unpaired) electrons. The lowest BCUT2D eigenvalue weighted by Gasteiger charge is -2.09. The normalized spacial score (nSPS) is 23.9. The van der Waals surface area contributed by atoms with Gasteiger partial charge in [-0.05, 0) is 41.2 Å². The molecule has 3 nitrogen and oxygen atoms in total. The highest BCUT2D eigenvalue weighted by atomic mass is 35.5. The predicted molar refractivity (Wildman–Crippen MR) is 90.1 cm³/mol. The maximum absolute atomic E-state index is 12.1. The molecule has 1 saturated carbocycles. The van der Waals surface area contributed by atoms with Crippen LogP contribution in [-0.4, -0.2) is 11.9 Å². The Morgan fingerprint density at radius 2 is 1.86 bits per heavy atom. The zero-order valence-corrected chi connectivity index (χ0v) is 13.0. The number of nitrogen functional groups attached to an aromatic ring is 1. The predicted octanol–water partition coefficient (Wildman–Crippen LogP) is 2.69. The fourth-order valence-corrected chi connectivity index (χ4v) is 3.61. The van der Waals surface area contributed by atoms with E-state index in [4.69, 9.17) is 5.73 Å². The van der Waals surface area contributed by atoms with Gasteiger partial charge in [-0.3, -0.25) is 4.79 Å². The van der Waals surface area contributed by atoms with Crippen LogP contribution in [0.5, 0.6) is 0 Å². The number of hydrogen-bond acceptors (Lipinski definition) is 2. The van der Waals surface area contributed by atoms with E-state index >= 15 is 0 Å². The zero-order chi connectivity index (χ0) is 14.4. The quantitative estimate of drug-likeness (QED) is 0.856. The van der Waals surface area contributed by atoms with Crippen molar-refractivity contribution in [3.8, 4) is 0 Å². The summed E-state index contributed by atoms with van der Waals surface area (Å²) in [4.78, 5) is 12.1. The number of amides is 1. The molecule has 4 heteroatoms. The average Bonchev–Trinajstić information content (AvgIpc) is 2.99. The molecule has 114 valence electrons. The molecule has 3 unspecified atom stereocenters. The van der Waals surface area contributed by atoms with Gasteiger partial charge in [0.15, 0.2) is 0 Å². The molecule has 2 aliphatic rings. The van der Waals surface area contributed by atoms with Gasteiger partial charge in [0.1, 0.15) is 0 Å². The highest BCUT2D eigenvalue weighted by molar-refractivity contribution is 5.85. The topological polar surface area (TPSA) is 55.1 Å². The Balaban J connectivity index is 0.00000144. The van der Waals surface area contributed by atoms with Crippen LogP contribution >= 0.6 is 12.4 Å². The number of carbonyl (C=O) groups excluding carboxylic acids is 1. The van der Waals surface area contributed by atoms with Crippen LogP contribution in [0.2, 0.25) is 0 Å². The molecule has 22 heavy (non-hydrogen) atoms. The van der Waals surface area contributed by atoms with Gasteiger partial charge in [-0.2, -0.15) is 0 Å². The molecule has 1 amide bonds. The maximum Gasteiger partial charge on any atom is 0.224 e. The lowest BCUT2D eigenvalue weighted by Crippen LogP contribution is -2.30. The molecule has 2 aromatic rings. The molecule has 0 heterocycles. The van der Waals surface area contributed by atoms with Gasteiger partial charge in [-0.15, -0.1) is 12.4 Å². The summed E-state index contributed by atoms with van der Waals surface area (Å²) in [6, 6.07) is 16.4. The van der Waals surface area contributed by atoms with Crippen molar-refractivity contribution in [2.24, 2.45) is 5.92 Å². The number of halogens is 1. The molecule has 0 saturated heterocycles. The van der Waals surface area contributed by atoms with Gasteiger partial charge >= 0.3 is 0 Å². The first-order valence-electron chi connectivity index (χ1n) is 7.44.